The molecule has 0 aromatic heterocycles. The summed E-state index contributed by atoms with van der Waals surface area (Å²) in [7, 11) is 0. The van der Waals surface area contributed by atoms with Crippen LogP contribution in [-0.2, 0) is 24.0 Å². The van der Waals surface area contributed by atoms with Crippen LogP contribution in [0.5, 0.6) is 0 Å². The number of nitrogens with two attached hydrogens (primary N) is 2. The van der Waals surface area contributed by atoms with Crippen LogP contribution in [0.4, 0.5) is 0 Å². The first-order chi connectivity index (χ1) is 16.9. The topological polar surface area (TPSA) is 262 Å². The second kappa shape index (κ2) is 17.2. The standard InChI is InChI=1S/C21H39N8O7/c1-4-11(2)16(28-18(34)14(22)6-5-7-25-21(23)24)20(36)29-17(12(3)32)19(35)26-8-15(33)27-13(9-30)10-31/h11-14,16-17,30,32H,4-9,22H2,1-3H3,(H,26,35)(H,27,33)(H,28,34)(H,29,36)(H4,23,24,25)/t11-,12-,13-,14-,16-,17-/m0/s1. The van der Waals surface area contributed by atoms with Gasteiger partial charge >= 0.3 is 0 Å². The Morgan fingerprint density at radius 1 is 1.00 bits per heavy atom. The Bertz CT molecular complexity index is 765. The molecule has 36 heavy (non-hydrogen) atoms. The molecule has 0 unspecified atom stereocenters. The summed E-state index contributed by atoms with van der Waals surface area (Å²) < 4.78 is 0. The summed E-state index contributed by atoms with van der Waals surface area (Å²) >= 11 is 0. The largest absolute Gasteiger partial charge is 0.394 e. The number of hydrogen-bond acceptors (Lipinski definition) is 9. The molecule has 0 spiro atoms. The first-order valence-corrected chi connectivity index (χ1v) is 11.6. The fourth-order valence-corrected chi connectivity index (χ4v) is 2.92. The van der Waals surface area contributed by atoms with Gasteiger partial charge in [0, 0.05) is 6.54 Å². The fraction of sp³-hybridized carbons (Fsp3) is 0.714. The summed E-state index contributed by atoms with van der Waals surface area (Å²) in [5.41, 5.74) is 11.1. The van der Waals surface area contributed by atoms with Gasteiger partial charge in [-0.05, 0) is 25.7 Å². The highest BCUT2D eigenvalue weighted by Gasteiger charge is 2.33. The van der Waals surface area contributed by atoms with E-state index in [1.54, 1.807) is 13.8 Å². The molecule has 15 heteroatoms. The van der Waals surface area contributed by atoms with E-state index in [2.05, 4.69) is 26.6 Å². The molecule has 4 amide bonds. The van der Waals surface area contributed by atoms with E-state index in [0.29, 0.717) is 19.4 Å². The van der Waals surface area contributed by atoms with Crippen molar-refractivity contribution in [1.29, 1.82) is 5.41 Å². The van der Waals surface area contributed by atoms with Gasteiger partial charge < -0.3 is 48.3 Å². The zero-order chi connectivity index (χ0) is 27.8. The van der Waals surface area contributed by atoms with Gasteiger partial charge in [-0.1, -0.05) is 20.3 Å². The number of nitrogens with one attached hydrogen (secondary N) is 6. The molecule has 0 bridgehead atoms. The molecule has 0 aliphatic heterocycles. The second-order valence-electron chi connectivity index (χ2n) is 8.33. The van der Waals surface area contributed by atoms with Gasteiger partial charge in [-0.3, -0.25) is 29.4 Å². The number of amides is 4. The molecule has 0 aliphatic rings. The van der Waals surface area contributed by atoms with Crippen molar-refractivity contribution in [3.05, 3.63) is 0 Å². The van der Waals surface area contributed by atoms with Gasteiger partial charge in [0.15, 0.2) is 5.96 Å². The lowest BCUT2D eigenvalue weighted by molar-refractivity contribution is -0.135. The lowest BCUT2D eigenvalue weighted by Crippen LogP contribution is -2.60. The molecule has 1 radical (unpaired) electrons. The van der Waals surface area contributed by atoms with Crippen LogP contribution in [0.1, 0.15) is 40.0 Å². The first-order valence-electron chi connectivity index (χ1n) is 11.6. The molecule has 205 valence electrons. The van der Waals surface area contributed by atoms with Crippen molar-refractivity contribution in [2.45, 2.75) is 70.3 Å². The average molecular weight is 516 g/mol. The molecule has 12 N–H and O–H groups in total. The molecule has 6 atom stereocenters. The second-order valence-corrected chi connectivity index (χ2v) is 8.33. The summed E-state index contributed by atoms with van der Waals surface area (Å²) in [6.07, 6.45) is 1.27. The predicted octanol–water partition coefficient (Wildman–Crippen LogP) is -4.32. The number of aliphatic hydroxyl groups is 2. The number of carbonyl (C=O) groups excluding carboxylic acids is 5. The predicted molar refractivity (Wildman–Crippen MR) is 130 cm³/mol. The highest BCUT2D eigenvalue weighted by atomic mass is 16.3. The molecule has 0 saturated carbocycles. The maximum Gasteiger partial charge on any atom is 0.245 e. The third-order valence-electron chi connectivity index (χ3n) is 5.28. The smallest absolute Gasteiger partial charge is 0.245 e. The monoisotopic (exact) mass is 515 g/mol. The summed E-state index contributed by atoms with van der Waals surface area (Å²) in [6, 6.07) is -4.70. The number of guanidine groups is 1. The number of rotatable bonds is 17. The Kier molecular flexibility index (Phi) is 15.6. The third-order valence-corrected chi connectivity index (χ3v) is 5.28. The number of aliphatic hydroxyl groups excluding tert-OH is 2. The van der Waals surface area contributed by atoms with Crippen molar-refractivity contribution < 1.29 is 34.2 Å². The fourth-order valence-electron chi connectivity index (χ4n) is 2.92. The zero-order valence-electron chi connectivity index (χ0n) is 20.8. The van der Waals surface area contributed by atoms with Crippen LogP contribution >= 0.6 is 0 Å². The minimum atomic E-state index is -1.45. The van der Waals surface area contributed by atoms with Crippen LogP contribution < -0.4 is 38.1 Å². The molecule has 15 nitrogen and oxygen atoms in total. The van der Waals surface area contributed by atoms with Gasteiger partial charge in [0.05, 0.1) is 25.3 Å². The van der Waals surface area contributed by atoms with Crippen molar-refractivity contribution >= 4 is 35.9 Å². The van der Waals surface area contributed by atoms with Crippen molar-refractivity contribution in [3.63, 3.8) is 0 Å². The maximum absolute atomic E-state index is 13.0. The average Bonchev–Trinajstić information content (AvgIpc) is 2.83. The SMILES string of the molecule is CC[C@H](C)[C@H](NC(=O)[C@@H](N)CCCNC(=N)N)C(=O)N[C@H](C(=O)NCC(=O)N[C@H]([C]=O)CO)[C@H](C)O. The van der Waals surface area contributed by atoms with Gasteiger partial charge in [-0.2, -0.15) is 0 Å². The van der Waals surface area contributed by atoms with Gasteiger partial charge in [0.2, 0.25) is 29.9 Å². The molecule has 0 saturated heterocycles. The molecule has 0 fully saturated rings. The van der Waals surface area contributed by atoms with Crippen molar-refractivity contribution in [1.82, 2.24) is 26.6 Å². The molecule has 0 aromatic carbocycles. The van der Waals surface area contributed by atoms with E-state index in [-0.39, 0.29) is 18.3 Å². The number of hydrogen-bond donors (Lipinski definition) is 10. The molecule has 0 aliphatic carbocycles. The molecular weight excluding hydrogens is 476 g/mol. The van der Waals surface area contributed by atoms with E-state index in [9.17, 15) is 29.1 Å². The van der Waals surface area contributed by atoms with E-state index in [0.717, 1.165) is 0 Å². The van der Waals surface area contributed by atoms with Crippen molar-refractivity contribution in [2.24, 2.45) is 17.4 Å². The van der Waals surface area contributed by atoms with Gasteiger partial charge in [-0.25, -0.2) is 0 Å². The van der Waals surface area contributed by atoms with E-state index in [4.69, 9.17) is 22.0 Å². The molecule has 0 heterocycles. The lowest BCUT2D eigenvalue weighted by atomic mass is 9.97. The highest BCUT2D eigenvalue weighted by Crippen LogP contribution is 2.10. The Morgan fingerprint density at radius 2 is 1.61 bits per heavy atom. The van der Waals surface area contributed by atoms with Gasteiger partial charge in [-0.15, -0.1) is 0 Å². The minimum Gasteiger partial charge on any atom is -0.394 e. The molecule has 0 aromatic rings. The van der Waals surface area contributed by atoms with E-state index >= 15 is 0 Å². The highest BCUT2D eigenvalue weighted by molar-refractivity contribution is 5.94. The summed E-state index contributed by atoms with van der Waals surface area (Å²) in [4.78, 5) is 60.4. The Balaban J connectivity index is 5.14. The van der Waals surface area contributed by atoms with E-state index < -0.39 is 67.1 Å². The maximum atomic E-state index is 13.0. The van der Waals surface area contributed by atoms with Crippen LogP contribution in [0.15, 0.2) is 0 Å². The first kappa shape index (κ1) is 32.7. The van der Waals surface area contributed by atoms with E-state index in [1.165, 1.54) is 13.2 Å². The van der Waals surface area contributed by atoms with Crippen LogP contribution in [0.25, 0.3) is 0 Å². The summed E-state index contributed by atoms with van der Waals surface area (Å²) in [5, 5.41) is 37.9. The van der Waals surface area contributed by atoms with Crippen molar-refractivity contribution in [3.8, 4) is 0 Å². The zero-order valence-corrected chi connectivity index (χ0v) is 20.8. The normalized spacial score (nSPS) is 15.7. The Labute approximate surface area is 210 Å². The minimum absolute atomic E-state index is 0.201. The molecule has 0 rings (SSSR count). The van der Waals surface area contributed by atoms with Crippen LogP contribution in [-0.4, -0.2) is 96.1 Å². The van der Waals surface area contributed by atoms with Crippen LogP contribution in [0.3, 0.4) is 0 Å². The van der Waals surface area contributed by atoms with Crippen molar-refractivity contribution in [2.75, 3.05) is 19.7 Å². The Hall–Kier alpha value is -3.30. The van der Waals surface area contributed by atoms with E-state index in [1.807, 2.05) is 0 Å². The Morgan fingerprint density at radius 3 is 2.11 bits per heavy atom. The quantitative estimate of drug-likeness (QED) is 0.0505. The lowest BCUT2D eigenvalue weighted by Gasteiger charge is -2.28. The van der Waals surface area contributed by atoms with Gasteiger partial charge in [0.25, 0.3) is 0 Å². The molecular formula is C21H39N8O7. The third kappa shape index (κ3) is 12.4. The van der Waals surface area contributed by atoms with Crippen LogP contribution in [0.2, 0.25) is 0 Å². The summed E-state index contributed by atoms with van der Waals surface area (Å²) in [6.45, 7) is 3.87. The summed E-state index contributed by atoms with van der Waals surface area (Å²) in [5.74, 6) is -3.54. The van der Waals surface area contributed by atoms with Crippen LogP contribution in [0, 0.1) is 11.3 Å². The van der Waals surface area contributed by atoms with Gasteiger partial charge in [0.1, 0.15) is 18.1 Å². The number of carbonyl (C=O) groups is 4.